The van der Waals surface area contributed by atoms with Gasteiger partial charge in [0.05, 0.1) is 34.9 Å². The third-order valence-electron chi connectivity index (χ3n) is 3.03. The lowest BCUT2D eigenvalue weighted by atomic mass is 10.2. The fourth-order valence-corrected chi connectivity index (χ4v) is 3.62. The van der Waals surface area contributed by atoms with Crippen molar-refractivity contribution in [1.29, 1.82) is 5.26 Å². The molecular weight excluding hydrogens is 300 g/mol. The lowest BCUT2D eigenvalue weighted by molar-refractivity contribution is 0.204. The van der Waals surface area contributed by atoms with Crippen LogP contribution >= 0.6 is 0 Å². The number of aliphatic hydroxyl groups is 1. The molecule has 0 amide bonds. The highest BCUT2D eigenvalue weighted by Crippen LogP contribution is 2.24. The number of rotatable bonds is 5. The van der Waals surface area contributed by atoms with Crippen molar-refractivity contribution in [2.45, 2.75) is 17.9 Å². The van der Waals surface area contributed by atoms with E-state index in [-0.39, 0.29) is 17.0 Å². The number of nitrogens with zero attached hydrogens (tertiary/aromatic N) is 2. The smallest absolute Gasteiger partial charge is 0.264 e. The van der Waals surface area contributed by atoms with Crippen molar-refractivity contribution in [3.8, 4) is 6.07 Å². The Morgan fingerprint density at radius 2 is 1.86 bits per heavy atom. The Morgan fingerprint density at radius 3 is 2.45 bits per heavy atom. The van der Waals surface area contributed by atoms with Gasteiger partial charge in [-0.25, -0.2) is 8.42 Å². The zero-order valence-electron chi connectivity index (χ0n) is 12.0. The fraction of sp³-hybridized carbons (Fsp3) is 0.188. The Kier molecular flexibility index (Phi) is 4.81. The molecule has 2 aromatic carbocycles. The molecule has 0 saturated carbocycles. The average Bonchev–Trinajstić information content (AvgIpc) is 2.53. The Balaban J connectivity index is 2.52. The molecule has 0 unspecified atom stereocenters. The predicted molar refractivity (Wildman–Crippen MR) is 83.8 cm³/mol. The molecule has 0 fully saturated rings. The maximum absolute atomic E-state index is 12.8. The highest BCUT2D eigenvalue weighted by Gasteiger charge is 2.26. The number of sulfonamides is 1. The normalized spacial score (nSPS) is 12.4. The highest BCUT2D eigenvalue weighted by molar-refractivity contribution is 7.92. The summed E-state index contributed by atoms with van der Waals surface area (Å²) in [6.45, 7) is 1.46. The second-order valence-corrected chi connectivity index (χ2v) is 6.72. The minimum Gasteiger partial charge on any atom is -0.392 e. The van der Waals surface area contributed by atoms with Crippen LogP contribution in [0.1, 0.15) is 12.5 Å². The molecular formula is C16H16N2O3S. The Morgan fingerprint density at radius 1 is 1.18 bits per heavy atom. The van der Waals surface area contributed by atoms with Gasteiger partial charge in [0.2, 0.25) is 0 Å². The summed E-state index contributed by atoms with van der Waals surface area (Å²) in [5.74, 6) is 0. The van der Waals surface area contributed by atoms with Crippen molar-refractivity contribution >= 4 is 15.7 Å². The van der Waals surface area contributed by atoms with Gasteiger partial charge in [-0.05, 0) is 37.3 Å². The van der Waals surface area contributed by atoms with Crippen LogP contribution in [0.15, 0.2) is 59.5 Å². The van der Waals surface area contributed by atoms with Gasteiger partial charge >= 0.3 is 0 Å². The molecule has 114 valence electrons. The van der Waals surface area contributed by atoms with Crippen molar-refractivity contribution in [1.82, 2.24) is 0 Å². The van der Waals surface area contributed by atoms with Crippen LogP contribution < -0.4 is 4.31 Å². The lowest BCUT2D eigenvalue weighted by Crippen LogP contribution is -2.36. The summed E-state index contributed by atoms with van der Waals surface area (Å²) in [5.41, 5.74) is 0.733. The average molecular weight is 316 g/mol. The van der Waals surface area contributed by atoms with Gasteiger partial charge in [-0.3, -0.25) is 4.31 Å². The van der Waals surface area contributed by atoms with Gasteiger partial charge in [-0.2, -0.15) is 5.26 Å². The van der Waals surface area contributed by atoms with E-state index in [1.54, 1.807) is 36.4 Å². The molecule has 0 aliphatic carbocycles. The summed E-state index contributed by atoms with van der Waals surface area (Å²) in [6.07, 6.45) is -0.825. The van der Waals surface area contributed by atoms with E-state index in [1.165, 1.54) is 25.1 Å². The van der Waals surface area contributed by atoms with Gasteiger partial charge in [0.25, 0.3) is 10.0 Å². The van der Waals surface area contributed by atoms with Crippen molar-refractivity contribution in [3.63, 3.8) is 0 Å². The maximum Gasteiger partial charge on any atom is 0.264 e. The minimum absolute atomic E-state index is 0.0241. The summed E-state index contributed by atoms with van der Waals surface area (Å²) < 4.78 is 26.8. The standard InChI is InChI=1S/C16H16N2O3S/c1-13(19)12-18(15-7-3-2-4-8-15)22(20,21)16-9-5-6-14(10-16)11-17/h2-10,13,19H,12H2,1H3/t13-/m1/s1. The van der Waals surface area contributed by atoms with E-state index < -0.39 is 16.1 Å². The van der Waals surface area contributed by atoms with Crippen molar-refractivity contribution in [2.24, 2.45) is 0 Å². The van der Waals surface area contributed by atoms with Crippen LogP contribution in [0.2, 0.25) is 0 Å². The molecule has 1 atom stereocenters. The number of aliphatic hydroxyl groups excluding tert-OH is 1. The van der Waals surface area contributed by atoms with Crippen molar-refractivity contribution in [2.75, 3.05) is 10.8 Å². The summed E-state index contributed by atoms with van der Waals surface area (Å²) in [7, 11) is -3.86. The number of nitriles is 1. The number of hydrogen-bond acceptors (Lipinski definition) is 4. The van der Waals surface area contributed by atoms with E-state index in [9.17, 15) is 13.5 Å². The Labute approximate surface area is 130 Å². The molecule has 0 saturated heterocycles. The minimum atomic E-state index is -3.86. The van der Waals surface area contributed by atoms with E-state index in [4.69, 9.17) is 5.26 Å². The van der Waals surface area contributed by atoms with Gasteiger partial charge in [-0.15, -0.1) is 0 Å². The monoisotopic (exact) mass is 316 g/mol. The van der Waals surface area contributed by atoms with Crippen molar-refractivity contribution in [3.05, 3.63) is 60.2 Å². The SMILES string of the molecule is C[C@@H](O)CN(c1ccccc1)S(=O)(=O)c1cccc(C#N)c1. The Hall–Kier alpha value is -2.36. The zero-order chi connectivity index (χ0) is 16.2. The number of hydrogen-bond donors (Lipinski definition) is 1. The first-order valence-corrected chi connectivity index (χ1v) is 8.15. The number of benzene rings is 2. The first-order valence-electron chi connectivity index (χ1n) is 6.71. The molecule has 5 nitrogen and oxygen atoms in total. The molecule has 0 spiro atoms. The highest BCUT2D eigenvalue weighted by atomic mass is 32.2. The van der Waals surface area contributed by atoms with E-state index in [2.05, 4.69) is 0 Å². The van der Waals surface area contributed by atoms with E-state index in [0.717, 1.165) is 4.31 Å². The third kappa shape index (κ3) is 3.45. The zero-order valence-corrected chi connectivity index (χ0v) is 12.9. The molecule has 2 rings (SSSR count). The first-order chi connectivity index (χ1) is 10.4. The Bertz CT molecular complexity index is 781. The fourth-order valence-electron chi connectivity index (χ4n) is 2.03. The summed E-state index contributed by atoms with van der Waals surface area (Å²) >= 11 is 0. The van der Waals surface area contributed by atoms with E-state index in [0.29, 0.717) is 5.69 Å². The van der Waals surface area contributed by atoms with E-state index in [1.807, 2.05) is 6.07 Å². The van der Waals surface area contributed by atoms with Crippen LogP contribution in [-0.4, -0.2) is 26.2 Å². The number of anilines is 1. The number of para-hydroxylation sites is 1. The molecule has 2 aromatic rings. The molecule has 22 heavy (non-hydrogen) atoms. The van der Waals surface area contributed by atoms with Gasteiger partial charge in [0.15, 0.2) is 0 Å². The van der Waals surface area contributed by atoms with Gasteiger partial charge in [0, 0.05) is 0 Å². The maximum atomic E-state index is 12.8. The molecule has 0 aliphatic rings. The second-order valence-electron chi connectivity index (χ2n) is 4.86. The molecule has 1 N–H and O–H groups in total. The van der Waals surface area contributed by atoms with Crippen LogP contribution in [0.4, 0.5) is 5.69 Å². The van der Waals surface area contributed by atoms with Gasteiger partial charge in [-0.1, -0.05) is 24.3 Å². The van der Waals surface area contributed by atoms with Gasteiger partial charge < -0.3 is 5.11 Å². The van der Waals surface area contributed by atoms with Crippen LogP contribution in [0.3, 0.4) is 0 Å². The van der Waals surface area contributed by atoms with Crippen molar-refractivity contribution < 1.29 is 13.5 Å². The summed E-state index contributed by atoms with van der Waals surface area (Å²) in [5, 5.41) is 18.6. The van der Waals surface area contributed by atoms with Gasteiger partial charge in [0.1, 0.15) is 0 Å². The topological polar surface area (TPSA) is 81.4 Å². The van der Waals surface area contributed by atoms with Crippen LogP contribution in [0.5, 0.6) is 0 Å². The molecule has 0 radical (unpaired) electrons. The summed E-state index contributed by atoms with van der Waals surface area (Å²) in [6, 6.07) is 16.3. The van der Waals surface area contributed by atoms with Crippen LogP contribution in [-0.2, 0) is 10.0 Å². The molecule has 0 bridgehead atoms. The second kappa shape index (κ2) is 6.60. The largest absolute Gasteiger partial charge is 0.392 e. The van der Waals surface area contributed by atoms with E-state index >= 15 is 0 Å². The molecule has 0 aliphatic heterocycles. The molecule has 0 aromatic heterocycles. The lowest BCUT2D eigenvalue weighted by Gasteiger charge is -2.25. The molecule has 0 heterocycles. The summed E-state index contributed by atoms with van der Waals surface area (Å²) in [4.78, 5) is 0.0241. The third-order valence-corrected chi connectivity index (χ3v) is 4.82. The van der Waals surface area contributed by atoms with Crippen LogP contribution in [0.25, 0.3) is 0 Å². The predicted octanol–water partition coefficient (Wildman–Crippen LogP) is 2.13. The quantitative estimate of drug-likeness (QED) is 0.916. The first kappa shape index (κ1) is 16.0. The van der Waals surface area contributed by atoms with Crippen LogP contribution in [0, 0.1) is 11.3 Å². The molecule has 6 heteroatoms.